The predicted molar refractivity (Wildman–Crippen MR) is 143 cm³/mol. The van der Waals surface area contributed by atoms with Crippen LogP contribution in [0.25, 0.3) is 0 Å². The highest BCUT2D eigenvalue weighted by Gasteiger charge is 2.29. The molecule has 0 aromatic rings. The van der Waals surface area contributed by atoms with Gasteiger partial charge in [-0.05, 0) is 100 Å². The lowest BCUT2D eigenvalue weighted by Crippen LogP contribution is -2.38. The van der Waals surface area contributed by atoms with Crippen LogP contribution in [0, 0.1) is 11.8 Å². The van der Waals surface area contributed by atoms with E-state index in [-0.39, 0.29) is 0 Å². The van der Waals surface area contributed by atoms with Crippen LogP contribution in [0.1, 0.15) is 86.0 Å². The number of hydrogen-bond acceptors (Lipinski definition) is 4. The molecule has 0 aromatic heterocycles. The first-order valence-electron chi connectivity index (χ1n) is 13.7. The van der Waals surface area contributed by atoms with E-state index in [9.17, 15) is 0 Å². The van der Waals surface area contributed by atoms with Crippen molar-refractivity contribution < 1.29 is 0 Å². The topological polar surface area (TPSA) is 22.1 Å². The normalized spacial score (nSPS) is 30.3. The number of hydrogen-bond donors (Lipinski definition) is 0. The SMILES string of the molecule is CC1=CC(C)CC(C)=C1N1C=CN(C2=C(C)CC(CC3CCN4CCCCCC4=N3)C=C2C)C1. The summed E-state index contributed by atoms with van der Waals surface area (Å²) in [6.45, 7) is 14.9. The van der Waals surface area contributed by atoms with Crippen LogP contribution in [0.4, 0.5) is 0 Å². The molecule has 0 bridgehead atoms. The summed E-state index contributed by atoms with van der Waals surface area (Å²) in [6.07, 6.45) is 19.5. The van der Waals surface area contributed by atoms with Gasteiger partial charge in [-0.2, -0.15) is 0 Å². The Labute approximate surface area is 207 Å². The van der Waals surface area contributed by atoms with Gasteiger partial charge in [0.2, 0.25) is 0 Å². The van der Waals surface area contributed by atoms with E-state index < -0.39 is 0 Å². The van der Waals surface area contributed by atoms with Crippen molar-refractivity contribution in [1.29, 1.82) is 0 Å². The Balaban J connectivity index is 1.24. The molecule has 1 fully saturated rings. The zero-order valence-electron chi connectivity index (χ0n) is 22.1. The molecule has 0 spiro atoms. The van der Waals surface area contributed by atoms with E-state index in [1.54, 1.807) is 0 Å². The van der Waals surface area contributed by atoms with Crippen LogP contribution in [0.15, 0.2) is 63.2 Å². The van der Waals surface area contributed by atoms with Gasteiger partial charge in [-0.3, -0.25) is 4.99 Å². The van der Waals surface area contributed by atoms with Crippen LogP contribution in [0.5, 0.6) is 0 Å². The van der Waals surface area contributed by atoms with Crippen LogP contribution < -0.4 is 0 Å². The smallest absolute Gasteiger partial charge is 0.0992 e. The molecule has 5 rings (SSSR count). The average molecular weight is 461 g/mol. The van der Waals surface area contributed by atoms with E-state index in [0.29, 0.717) is 17.9 Å². The monoisotopic (exact) mass is 460 g/mol. The Morgan fingerprint density at radius 2 is 1.56 bits per heavy atom. The Morgan fingerprint density at radius 1 is 0.853 bits per heavy atom. The van der Waals surface area contributed by atoms with Crippen LogP contribution in [-0.4, -0.2) is 46.3 Å². The molecule has 3 atom stereocenters. The average Bonchev–Trinajstić information content (AvgIpc) is 3.09. The van der Waals surface area contributed by atoms with Crippen LogP contribution in [0.2, 0.25) is 0 Å². The first-order valence-corrected chi connectivity index (χ1v) is 13.7. The largest absolute Gasteiger partial charge is 0.360 e. The molecule has 4 nitrogen and oxygen atoms in total. The summed E-state index contributed by atoms with van der Waals surface area (Å²) >= 11 is 0. The molecule has 3 heterocycles. The van der Waals surface area contributed by atoms with E-state index in [0.717, 1.165) is 6.67 Å². The Hall–Kier alpha value is -2.23. The molecule has 3 unspecified atom stereocenters. The number of aliphatic imine (C=N–C) groups is 1. The van der Waals surface area contributed by atoms with E-state index in [1.165, 1.54) is 104 Å². The molecule has 0 N–H and O–H groups in total. The highest BCUT2D eigenvalue weighted by Crippen LogP contribution is 2.38. The zero-order valence-corrected chi connectivity index (χ0v) is 22.1. The molecule has 0 amide bonds. The lowest BCUT2D eigenvalue weighted by atomic mass is 9.84. The summed E-state index contributed by atoms with van der Waals surface area (Å²) in [5, 5.41) is 0. The second-order valence-electron chi connectivity index (χ2n) is 11.5. The number of amidine groups is 1. The third-order valence-corrected chi connectivity index (χ3v) is 8.41. The number of fused-ring (bicyclic) bond motifs is 1. The highest BCUT2D eigenvalue weighted by atomic mass is 15.4. The Kier molecular flexibility index (Phi) is 6.77. The van der Waals surface area contributed by atoms with Gasteiger partial charge in [0.05, 0.1) is 18.5 Å². The van der Waals surface area contributed by atoms with Crippen molar-refractivity contribution in [3.63, 3.8) is 0 Å². The van der Waals surface area contributed by atoms with Gasteiger partial charge in [-0.15, -0.1) is 0 Å². The molecular weight excluding hydrogens is 416 g/mol. The van der Waals surface area contributed by atoms with E-state index in [2.05, 4.69) is 73.9 Å². The maximum atomic E-state index is 5.24. The van der Waals surface area contributed by atoms with Crippen molar-refractivity contribution in [1.82, 2.24) is 14.7 Å². The predicted octanol–water partition coefficient (Wildman–Crippen LogP) is 6.97. The van der Waals surface area contributed by atoms with Crippen LogP contribution in [0.3, 0.4) is 0 Å². The van der Waals surface area contributed by atoms with Gasteiger partial charge in [0.25, 0.3) is 0 Å². The number of allylic oxidation sites excluding steroid dienone is 6. The van der Waals surface area contributed by atoms with Gasteiger partial charge in [-0.25, -0.2) is 0 Å². The van der Waals surface area contributed by atoms with Crippen molar-refractivity contribution in [3.8, 4) is 0 Å². The minimum atomic E-state index is 0.508. The lowest BCUT2D eigenvalue weighted by Gasteiger charge is -2.35. The second-order valence-corrected chi connectivity index (χ2v) is 11.5. The fourth-order valence-electron chi connectivity index (χ4n) is 7.14. The number of rotatable bonds is 4. The van der Waals surface area contributed by atoms with Gasteiger partial charge in [0, 0.05) is 43.3 Å². The molecule has 4 heteroatoms. The van der Waals surface area contributed by atoms with Gasteiger partial charge in [0.15, 0.2) is 0 Å². The van der Waals surface area contributed by atoms with Crippen LogP contribution >= 0.6 is 0 Å². The molecule has 5 aliphatic rings. The Bertz CT molecular complexity index is 991. The van der Waals surface area contributed by atoms with Crippen molar-refractivity contribution in [2.45, 2.75) is 92.0 Å². The molecule has 34 heavy (non-hydrogen) atoms. The highest BCUT2D eigenvalue weighted by molar-refractivity contribution is 5.83. The fraction of sp³-hybridized carbons (Fsp3) is 0.633. The molecule has 184 valence electrons. The van der Waals surface area contributed by atoms with Crippen molar-refractivity contribution >= 4 is 5.84 Å². The van der Waals surface area contributed by atoms with Gasteiger partial charge in [0.1, 0.15) is 0 Å². The Morgan fingerprint density at radius 3 is 2.26 bits per heavy atom. The third-order valence-electron chi connectivity index (χ3n) is 8.41. The minimum absolute atomic E-state index is 0.508. The molecule has 0 aromatic carbocycles. The first kappa shape index (κ1) is 23.5. The van der Waals surface area contributed by atoms with Gasteiger partial charge >= 0.3 is 0 Å². The summed E-state index contributed by atoms with van der Waals surface area (Å²) in [4.78, 5) is 12.7. The second kappa shape index (κ2) is 9.79. The maximum Gasteiger partial charge on any atom is 0.0992 e. The van der Waals surface area contributed by atoms with E-state index in [4.69, 9.17) is 4.99 Å². The van der Waals surface area contributed by atoms with E-state index >= 15 is 0 Å². The molecule has 2 aliphatic carbocycles. The first-order chi connectivity index (χ1) is 16.4. The third kappa shape index (κ3) is 4.78. The summed E-state index contributed by atoms with van der Waals surface area (Å²) in [5.41, 5.74) is 8.77. The van der Waals surface area contributed by atoms with Crippen LogP contribution in [-0.2, 0) is 0 Å². The van der Waals surface area contributed by atoms with Crippen molar-refractivity contribution in [3.05, 3.63) is 58.2 Å². The maximum absolute atomic E-state index is 5.24. The summed E-state index contributed by atoms with van der Waals surface area (Å²) in [5.74, 6) is 2.68. The molecular formula is C30H44N4. The lowest BCUT2D eigenvalue weighted by molar-refractivity contribution is 0.333. The molecule has 3 aliphatic heterocycles. The van der Waals surface area contributed by atoms with Gasteiger partial charge in [-0.1, -0.05) is 25.5 Å². The summed E-state index contributed by atoms with van der Waals surface area (Å²) in [7, 11) is 0. The zero-order chi connectivity index (χ0) is 23.8. The quantitative estimate of drug-likeness (QED) is 0.452. The molecule has 0 saturated carbocycles. The van der Waals surface area contributed by atoms with Crippen molar-refractivity contribution in [2.24, 2.45) is 16.8 Å². The fourth-order valence-corrected chi connectivity index (χ4v) is 7.14. The molecule has 1 saturated heterocycles. The summed E-state index contributed by atoms with van der Waals surface area (Å²) < 4.78 is 0. The van der Waals surface area contributed by atoms with Crippen molar-refractivity contribution in [2.75, 3.05) is 19.8 Å². The standard InChI is InChI=1S/C30H44N4/c1-21-15-22(2)29(23(3)16-21)33-13-14-34(20-33)30-24(4)17-26(18-25(30)5)19-27-10-12-32-11-8-6-7-9-28(32)31-27/h13-15,17,21,26-27H,6-12,16,18-20H2,1-5H3. The molecule has 0 radical (unpaired) electrons. The van der Waals surface area contributed by atoms with Gasteiger partial charge < -0.3 is 14.7 Å². The summed E-state index contributed by atoms with van der Waals surface area (Å²) in [6, 6.07) is 0.508. The minimum Gasteiger partial charge on any atom is -0.360 e. The number of nitrogens with zero attached hydrogens (tertiary/aromatic N) is 4. The van der Waals surface area contributed by atoms with E-state index in [1.807, 2.05) is 0 Å².